The van der Waals surface area contributed by atoms with E-state index in [0.29, 0.717) is 30.9 Å². The maximum atomic E-state index is 13.0. The molecule has 6 heteroatoms. The molecule has 0 radical (unpaired) electrons. The summed E-state index contributed by atoms with van der Waals surface area (Å²) in [6.07, 6.45) is 2.80. The van der Waals surface area contributed by atoms with Crippen molar-refractivity contribution in [2.24, 2.45) is 11.8 Å². The van der Waals surface area contributed by atoms with E-state index in [4.69, 9.17) is 4.74 Å². The Morgan fingerprint density at radius 1 is 1.25 bits per heavy atom. The van der Waals surface area contributed by atoms with Crippen molar-refractivity contribution in [1.29, 1.82) is 0 Å². The average molecular weight is 338 g/mol. The van der Waals surface area contributed by atoms with Crippen LogP contribution < -0.4 is 5.32 Å². The van der Waals surface area contributed by atoms with Crippen molar-refractivity contribution >= 4 is 17.7 Å². The highest BCUT2D eigenvalue weighted by atomic mass is 16.5. The molecular formula is C18H30N2O4. The Hall–Kier alpha value is -1.85. The maximum absolute atomic E-state index is 13.0. The summed E-state index contributed by atoms with van der Waals surface area (Å²) in [4.78, 5) is 38.4. The number of carbonyl (C=O) groups excluding carboxylic acids is 3. The molecule has 136 valence electrons. The number of ether oxygens (including phenoxy) is 1. The molecule has 1 N–H and O–H groups in total. The summed E-state index contributed by atoms with van der Waals surface area (Å²) in [7, 11) is 1.50. The minimum Gasteiger partial charge on any atom is -0.499 e. The number of carbonyl (C=O) groups is 3. The van der Waals surface area contributed by atoms with Crippen molar-refractivity contribution < 1.29 is 19.1 Å². The van der Waals surface area contributed by atoms with Gasteiger partial charge in [0.15, 0.2) is 0 Å². The van der Waals surface area contributed by atoms with Gasteiger partial charge >= 0.3 is 0 Å². The summed E-state index contributed by atoms with van der Waals surface area (Å²) in [5.74, 6) is 0.0929. The van der Waals surface area contributed by atoms with Crippen LogP contribution in [-0.4, -0.2) is 41.8 Å². The predicted octanol–water partition coefficient (Wildman–Crippen LogP) is 2.24. The number of nitrogens with zero attached hydrogens (tertiary/aromatic N) is 1. The van der Waals surface area contributed by atoms with Gasteiger partial charge in [-0.1, -0.05) is 34.6 Å². The van der Waals surface area contributed by atoms with Crippen LogP contribution in [0.25, 0.3) is 0 Å². The Labute approximate surface area is 144 Å². The minimum absolute atomic E-state index is 0.194. The van der Waals surface area contributed by atoms with Gasteiger partial charge in [-0.2, -0.15) is 0 Å². The molecule has 6 nitrogen and oxygen atoms in total. The van der Waals surface area contributed by atoms with Crippen LogP contribution in [0.1, 0.15) is 53.9 Å². The molecule has 3 amide bonds. The van der Waals surface area contributed by atoms with E-state index in [1.807, 2.05) is 27.7 Å². The number of rotatable bonds is 8. The fourth-order valence-corrected chi connectivity index (χ4v) is 2.85. The van der Waals surface area contributed by atoms with Gasteiger partial charge in [0.2, 0.25) is 5.91 Å². The van der Waals surface area contributed by atoms with Crippen LogP contribution in [0.15, 0.2) is 11.8 Å². The molecule has 0 unspecified atom stereocenters. The molecule has 0 saturated carbocycles. The van der Waals surface area contributed by atoms with Gasteiger partial charge in [0.25, 0.3) is 11.8 Å². The van der Waals surface area contributed by atoms with Crippen LogP contribution in [0.3, 0.4) is 0 Å². The molecule has 2 atom stereocenters. The second-order valence-corrected chi connectivity index (χ2v) is 7.05. The first-order chi connectivity index (χ1) is 11.2. The van der Waals surface area contributed by atoms with Gasteiger partial charge < -0.3 is 10.1 Å². The van der Waals surface area contributed by atoms with Crippen molar-refractivity contribution in [3.05, 3.63) is 11.8 Å². The molecule has 0 bridgehead atoms. The highest BCUT2D eigenvalue weighted by Gasteiger charge is 2.41. The van der Waals surface area contributed by atoms with Crippen LogP contribution in [0.4, 0.5) is 0 Å². The van der Waals surface area contributed by atoms with E-state index in [1.165, 1.54) is 18.1 Å². The molecule has 0 aromatic heterocycles. The molecule has 1 aliphatic rings. The largest absolute Gasteiger partial charge is 0.499 e. The lowest BCUT2D eigenvalue weighted by atomic mass is 9.99. The number of amides is 3. The first kappa shape index (κ1) is 20.2. The lowest BCUT2D eigenvalue weighted by Crippen LogP contribution is -2.52. The van der Waals surface area contributed by atoms with Crippen LogP contribution in [0.5, 0.6) is 0 Å². The normalized spacial score (nSPS) is 18.8. The highest BCUT2D eigenvalue weighted by molar-refractivity contribution is 6.06. The molecule has 1 rings (SSSR count). The van der Waals surface area contributed by atoms with Gasteiger partial charge in [0.05, 0.1) is 13.2 Å². The molecule has 1 heterocycles. The summed E-state index contributed by atoms with van der Waals surface area (Å²) >= 11 is 0. The van der Waals surface area contributed by atoms with Crippen LogP contribution in [0.2, 0.25) is 0 Å². The van der Waals surface area contributed by atoms with E-state index in [1.54, 1.807) is 6.92 Å². The monoisotopic (exact) mass is 338 g/mol. The molecule has 0 aromatic carbocycles. The number of hydrogen-bond acceptors (Lipinski definition) is 4. The van der Waals surface area contributed by atoms with Gasteiger partial charge in [-0.05, 0) is 24.7 Å². The smallest absolute Gasteiger partial charge is 0.257 e. The molecule has 24 heavy (non-hydrogen) atoms. The molecule has 0 spiro atoms. The second kappa shape index (κ2) is 8.85. The van der Waals surface area contributed by atoms with Gasteiger partial charge in [-0.3, -0.25) is 19.3 Å². The molecule has 0 fully saturated rings. The minimum atomic E-state index is -0.694. The van der Waals surface area contributed by atoms with Crippen molar-refractivity contribution in [3.8, 4) is 0 Å². The molecule has 0 saturated heterocycles. The van der Waals surface area contributed by atoms with Crippen molar-refractivity contribution in [3.63, 3.8) is 0 Å². The van der Waals surface area contributed by atoms with Gasteiger partial charge in [-0.25, -0.2) is 0 Å². The van der Waals surface area contributed by atoms with Crippen LogP contribution in [-0.2, 0) is 19.1 Å². The second-order valence-electron chi connectivity index (χ2n) is 7.05. The van der Waals surface area contributed by atoms with Gasteiger partial charge in [0.1, 0.15) is 11.8 Å². The standard InChI is InChI=1S/C18H30N2O4/c1-7-16(21)19-13(8-11(2)3)18(23)20-14(9-12(4)5)15(24-6)10-17(20)22/h10-14H,7-9H2,1-6H3,(H,19,21)/t13-,14+/m1/s1. The highest BCUT2D eigenvalue weighted by Crippen LogP contribution is 2.27. The van der Waals surface area contributed by atoms with Crippen LogP contribution >= 0.6 is 0 Å². The molecule has 0 aromatic rings. The average Bonchev–Trinajstić information content (AvgIpc) is 2.80. The van der Waals surface area contributed by atoms with E-state index in [9.17, 15) is 14.4 Å². The molecule has 1 aliphatic heterocycles. The lowest BCUT2D eigenvalue weighted by molar-refractivity contribution is -0.146. The summed E-state index contributed by atoms with van der Waals surface area (Å²) in [6, 6.07) is -1.09. The topological polar surface area (TPSA) is 75.7 Å². The van der Waals surface area contributed by atoms with Gasteiger partial charge in [-0.15, -0.1) is 0 Å². The first-order valence-corrected chi connectivity index (χ1v) is 8.63. The van der Waals surface area contributed by atoms with E-state index >= 15 is 0 Å². The van der Waals surface area contributed by atoms with Crippen molar-refractivity contribution in [2.45, 2.75) is 66.0 Å². The first-order valence-electron chi connectivity index (χ1n) is 8.63. The Morgan fingerprint density at radius 3 is 2.33 bits per heavy atom. The Balaban J connectivity index is 3.05. The van der Waals surface area contributed by atoms with Crippen molar-refractivity contribution in [2.75, 3.05) is 7.11 Å². The van der Waals surface area contributed by atoms with E-state index in [-0.39, 0.29) is 23.6 Å². The maximum Gasteiger partial charge on any atom is 0.257 e. The van der Waals surface area contributed by atoms with E-state index < -0.39 is 12.1 Å². The van der Waals surface area contributed by atoms with Crippen molar-refractivity contribution in [1.82, 2.24) is 10.2 Å². The number of hydrogen-bond donors (Lipinski definition) is 1. The summed E-state index contributed by atoms with van der Waals surface area (Å²) < 4.78 is 5.30. The zero-order valence-electron chi connectivity index (χ0n) is 15.6. The Bertz CT molecular complexity index is 511. The number of nitrogens with one attached hydrogen (secondary N) is 1. The summed E-state index contributed by atoms with van der Waals surface area (Å²) in [5.41, 5.74) is 0. The Kier molecular flexibility index (Phi) is 7.45. The SMILES string of the molecule is CCC(=O)N[C@H](CC(C)C)C(=O)N1C(=O)C=C(OC)[C@@H]1CC(C)C. The van der Waals surface area contributed by atoms with Gasteiger partial charge in [0, 0.05) is 12.5 Å². The van der Waals surface area contributed by atoms with E-state index in [0.717, 1.165) is 0 Å². The number of methoxy groups -OCH3 is 1. The summed E-state index contributed by atoms with van der Waals surface area (Å²) in [6.45, 7) is 9.76. The third-order valence-corrected chi connectivity index (χ3v) is 3.97. The van der Waals surface area contributed by atoms with E-state index in [2.05, 4.69) is 5.32 Å². The lowest BCUT2D eigenvalue weighted by Gasteiger charge is -2.30. The predicted molar refractivity (Wildman–Crippen MR) is 91.9 cm³/mol. The fourth-order valence-electron chi connectivity index (χ4n) is 2.85. The zero-order chi connectivity index (χ0) is 18.4. The third-order valence-electron chi connectivity index (χ3n) is 3.97. The molecular weight excluding hydrogens is 308 g/mol. The van der Waals surface area contributed by atoms with Crippen LogP contribution in [0, 0.1) is 11.8 Å². The molecule has 0 aliphatic carbocycles. The fraction of sp³-hybridized carbons (Fsp3) is 0.722. The zero-order valence-corrected chi connectivity index (χ0v) is 15.6. The summed E-state index contributed by atoms with van der Waals surface area (Å²) in [5, 5.41) is 2.76. The Morgan fingerprint density at radius 2 is 1.88 bits per heavy atom. The third kappa shape index (κ3) is 5.08. The number of imide groups is 1. The quantitative estimate of drug-likeness (QED) is 0.736.